The minimum absolute atomic E-state index is 1.14. The van der Waals surface area contributed by atoms with Gasteiger partial charge in [0.15, 0.2) is 0 Å². The molecule has 0 aliphatic heterocycles. The lowest BCUT2D eigenvalue weighted by Gasteiger charge is -2.02. The molecule has 0 unspecified atom stereocenters. The van der Waals surface area contributed by atoms with Crippen molar-refractivity contribution in [1.82, 2.24) is 9.97 Å². The summed E-state index contributed by atoms with van der Waals surface area (Å²) in [4.78, 5) is 8.62. The molecule has 106 valence electrons. The molecule has 2 rings (SSSR count). The minimum Gasteiger partial charge on any atom is -0.250 e. The van der Waals surface area contributed by atoms with E-state index in [1.807, 2.05) is 60.2 Å². The van der Waals surface area contributed by atoms with Gasteiger partial charge in [-0.1, -0.05) is 25.0 Å². The van der Waals surface area contributed by atoms with E-state index in [9.17, 15) is 0 Å². The molecule has 0 bridgehead atoms. The maximum atomic E-state index is 4.31. The fourth-order valence-corrected chi connectivity index (χ4v) is 3.51. The van der Waals surface area contributed by atoms with Crippen molar-refractivity contribution < 1.29 is 0 Å². The van der Waals surface area contributed by atoms with E-state index < -0.39 is 0 Å². The molecule has 0 N–H and O–H groups in total. The molecule has 0 spiro atoms. The predicted octanol–water partition coefficient (Wildman–Crippen LogP) is 4.92. The molecule has 4 heteroatoms. The van der Waals surface area contributed by atoms with Gasteiger partial charge in [-0.15, -0.1) is 23.5 Å². The Hall–Kier alpha value is -1.00. The topological polar surface area (TPSA) is 25.8 Å². The quantitative estimate of drug-likeness (QED) is 0.485. The molecule has 0 atom stereocenters. The van der Waals surface area contributed by atoms with Crippen molar-refractivity contribution in [2.75, 3.05) is 11.5 Å². The number of unbranched alkanes of at least 4 members (excludes halogenated alkanes) is 3. The molecule has 2 heterocycles. The van der Waals surface area contributed by atoms with Gasteiger partial charge in [-0.3, -0.25) is 0 Å². The average molecular weight is 304 g/mol. The van der Waals surface area contributed by atoms with Crippen LogP contribution in [0.4, 0.5) is 0 Å². The van der Waals surface area contributed by atoms with Crippen LogP contribution >= 0.6 is 23.5 Å². The zero-order valence-corrected chi connectivity index (χ0v) is 13.2. The summed E-state index contributed by atoms with van der Waals surface area (Å²) in [6.45, 7) is 0. The number of aromatic nitrogens is 2. The monoisotopic (exact) mass is 304 g/mol. The van der Waals surface area contributed by atoms with Gasteiger partial charge in [0.1, 0.15) is 0 Å². The number of thioether (sulfide) groups is 2. The number of pyridine rings is 2. The van der Waals surface area contributed by atoms with Gasteiger partial charge in [-0.2, -0.15) is 0 Å². The van der Waals surface area contributed by atoms with Crippen LogP contribution in [-0.4, -0.2) is 21.5 Å². The molecule has 0 aromatic carbocycles. The van der Waals surface area contributed by atoms with Crippen LogP contribution in [0.3, 0.4) is 0 Å². The van der Waals surface area contributed by atoms with Gasteiger partial charge in [0, 0.05) is 12.4 Å². The van der Waals surface area contributed by atoms with Crippen LogP contribution in [0, 0.1) is 0 Å². The van der Waals surface area contributed by atoms with E-state index in [-0.39, 0.29) is 0 Å². The number of rotatable bonds is 9. The van der Waals surface area contributed by atoms with Gasteiger partial charge >= 0.3 is 0 Å². The maximum absolute atomic E-state index is 4.31. The van der Waals surface area contributed by atoms with E-state index in [4.69, 9.17) is 0 Å². The zero-order valence-electron chi connectivity index (χ0n) is 11.6. The van der Waals surface area contributed by atoms with Crippen molar-refractivity contribution in [3.8, 4) is 0 Å². The summed E-state index contributed by atoms with van der Waals surface area (Å²) in [6.07, 6.45) is 8.88. The second kappa shape index (κ2) is 9.83. The lowest BCUT2D eigenvalue weighted by molar-refractivity contribution is 0.710. The van der Waals surface area contributed by atoms with Crippen LogP contribution in [0.15, 0.2) is 58.8 Å². The molecule has 0 amide bonds. The minimum atomic E-state index is 1.14. The Morgan fingerprint density at radius 3 is 1.55 bits per heavy atom. The van der Waals surface area contributed by atoms with Crippen LogP contribution < -0.4 is 0 Å². The van der Waals surface area contributed by atoms with Crippen molar-refractivity contribution in [3.63, 3.8) is 0 Å². The molecule has 0 aliphatic rings. The maximum Gasteiger partial charge on any atom is 0.0959 e. The van der Waals surface area contributed by atoms with E-state index >= 15 is 0 Å². The van der Waals surface area contributed by atoms with Crippen molar-refractivity contribution >= 4 is 23.5 Å². The third-order valence-corrected chi connectivity index (χ3v) is 4.87. The van der Waals surface area contributed by atoms with Crippen molar-refractivity contribution in [3.05, 3.63) is 48.8 Å². The third-order valence-electron chi connectivity index (χ3n) is 2.81. The first-order chi connectivity index (χ1) is 9.95. The Balaban J connectivity index is 1.44. The van der Waals surface area contributed by atoms with Crippen molar-refractivity contribution in [2.24, 2.45) is 0 Å². The highest BCUT2D eigenvalue weighted by Crippen LogP contribution is 2.19. The first-order valence-corrected chi connectivity index (χ1v) is 9.00. The summed E-state index contributed by atoms with van der Waals surface area (Å²) >= 11 is 3.71. The lowest BCUT2D eigenvalue weighted by Crippen LogP contribution is -1.86. The van der Waals surface area contributed by atoms with Gasteiger partial charge < -0.3 is 0 Å². The number of hydrogen-bond donors (Lipinski definition) is 0. The summed E-state index contributed by atoms with van der Waals surface area (Å²) in [6, 6.07) is 12.2. The van der Waals surface area contributed by atoms with E-state index in [0.717, 1.165) is 10.1 Å². The van der Waals surface area contributed by atoms with Crippen molar-refractivity contribution in [1.29, 1.82) is 0 Å². The molecule has 2 aromatic rings. The molecule has 0 saturated carbocycles. The smallest absolute Gasteiger partial charge is 0.0959 e. The fourth-order valence-electron chi connectivity index (χ4n) is 1.78. The summed E-state index contributed by atoms with van der Waals surface area (Å²) in [5.74, 6) is 2.34. The molecule has 0 radical (unpaired) electrons. The average Bonchev–Trinajstić information content (AvgIpc) is 2.52. The Morgan fingerprint density at radius 1 is 0.650 bits per heavy atom. The molecule has 0 aliphatic carbocycles. The van der Waals surface area contributed by atoms with E-state index in [0.29, 0.717) is 0 Å². The lowest BCUT2D eigenvalue weighted by atomic mass is 10.2. The summed E-state index contributed by atoms with van der Waals surface area (Å²) in [5, 5.41) is 2.27. The Labute approximate surface area is 129 Å². The molecule has 2 aromatic heterocycles. The molecular weight excluding hydrogens is 284 g/mol. The highest BCUT2D eigenvalue weighted by atomic mass is 32.2. The van der Waals surface area contributed by atoms with Gasteiger partial charge in [0.05, 0.1) is 10.1 Å². The molecule has 0 fully saturated rings. The summed E-state index contributed by atoms with van der Waals surface area (Å²) in [7, 11) is 0. The second-order valence-electron chi connectivity index (χ2n) is 4.45. The van der Waals surface area contributed by atoms with Crippen LogP contribution in [0.25, 0.3) is 0 Å². The Bertz CT molecular complexity index is 417. The van der Waals surface area contributed by atoms with Gasteiger partial charge in [-0.05, 0) is 48.6 Å². The number of hydrogen-bond acceptors (Lipinski definition) is 4. The highest BCUT2D eigenvalue weighted by molar-refractivity contribution is 7.99. The largest absolute Gasteiger partial charge is 0.250 e. The van der Waals surface area contributed by atoms with Crippen LogP contribution in [0.2, 0.25) is 0 Å². The SMILES string of the molecule is c1ccc(SCCCCCCSc2ccccn2)nc1. The summed E-state index contributed by atoms with van der Waals surface area (Å²) in [5.41, 5.74) is 0. The molecule has 2 nitrogen and oxygen atoms in total. The second-order valence-corrected chi connectivity index (χ2v) is 6.68. The Morgan fingerprint density at radius 2 is 1.15 bits per heavy atom. The first kappa shape index (κ1) is 15.4. The molecular formula is C16H20N2S2. The standard InChI is InChI=1S/C16H20N2S2/c1(7-13-19-15-9-3-5-11-17-15)2-8-14-20-16-10-4-6-12-18-16/h3-6,9-12H,1-2,7-8,13-14H2. The number of nitrogens with zero attached hydrogens (tertiary/aromatic N) is 2. The van der Waals surface area contributed by atoms with E-state index in [1.165, 1.54) is 37.2 Å². The van der Waals surface area contributed by atoms with Crippen LogP contribution in [-0.2, 0) is 0 Å². The zero-order chi connectivity index (χ0) is 13.9. The van der Waals surface area contributed by atoms with Gasteiger partial charge in [0.2, 0.25) is 0 Å². The summed E-state index contributed by atoms with van der Waals surface area (Å²) < 4.78 is 0. The van der Waals surface area contributed by atoms with E-state index in [2.05, 4.69) is 22.1 Å². The van der Waals surface area contributed by atoms with Gasteiger partial charge in [0.25, 0.3) is 0 Å². The van der Waals surface area contributed by atoms with Gasteiger partial charge in [-0.25, -0.2) is 9.97 Å². The van der Waals surface area contributed by atoms with E-state index in [1.54, 1.807) is 0 Å². The van der Waals surface area contributed by atoms with Crippen LogP contribution in [0.5, 0.6) is 0 Å². The van der Waals surface area contributed by atoms with Crippen molar-refractivity contribution in [2.45, 2.75) is 35.7 Å². The van der Waals surface area contributed by atoms with Crippen LogP contribution in [0.1, 0.15) is 25.7 Å². The molecule has 0 saturated heterocycles. The highest BCUT2D eigenvalue weighted by Gasteiger charge is 1.96. The fraction of sp³-hybridized carbons (Fsp3) is 0.375. The third kappa shape index (κ3) is 6.44. The first-order valence-electron chi connectivity index (χ1n) is 7.03. The predicted molar refractivity (Wildman–Crippen MR) is 88.4 cm³/mol. The Kier molecular flexibility index (Phi) is 7.57. The normalized spacial score (nSPS) is 10.6. The molecule has 20 heavy (non-hydrogen) atoms.